The summed E-state index contributed by atoms with van der Waals surface area (Å²) in [4.78, 5) is 13.2. The molecule has 1 fully saturated rings. The molecule has 0 N–H and O–H groups in total. The number of piperazine rings is 1. The summed E-state index contributed by atoms with van der Waals surface area (Å²) < 4.78 is 9.14. The predicted octanol–water partition coefficient (Wildman–Crippen LogP) is 1.27. The summed E-state index contributed by atoms with van der Waals surface area (Å²) in [6, 6.07) is 6.45. The Labute approximate surface area is 115 Å². The first-order valence-corrected chi connectivity index (χ1v) is 6.93. The number of rotatable bonds is 3. The van der Waals surface area contributed by atoms with E-state index in [1.54, 1.807) is 7.11 Å². The second kappa shape index (κ2) is 5.40. The SMILES string of the molecule is COc1nsc(N2CCN(c3ccccn3)CC2)n1. The van der Waals surface area contributed by atoms with Gasteiger partial charge >= 0.3 is 6.01 Å². The highest BCUT2D eigenvalue weighted by Crippen LogP contribution is 2.23. The van der Waals surface area contributed by atoms with Gasteiger partial charge < -0.3 is 14.5 Å². The number of anilines is 2. The Kier molecular flexibility index (Phi) is 3.45. The van der Waals surface area contributed by atoms with Crippen molar-refractivity contribution in [3.05, 3.63) is 24.4 Å². The largest absolute Gasteiger partial charge is 0.466 e. The van der Waals surface area contributed by atoms with Crippen LogP contribution in [0.5, 0.6) is 6.01 Å². The quantitative estimate of drug-likeness (QED) is 0.842. The first kappa shape index (κ1) is 12.2. The smallest absolute Gasteiger partial charge is 0.329 e. The van der Waals surface area contributed by atoms with Crippen LogP contribution in [0.3, 0.4) is 0 Å². The molecule has 0 radical (unpaired) electrons. The molecule has 19 heavy (non-hydrogen) atoms. The van der Waals surface area contributed by atoms with Crippen molar-refractivity contribution in [2.24, 2.45) is 0 Å². The van der Waals surface area contributed by atoms with Crippen molar-refractivity contribution in [3.8, 4) is 6.01 Å². The zero-order valence-electron chi connectivity index (χ0n) is 10.7. The third-order valence-electron chi connectivity index (χ3n) is 3.10. The zero-order chi connectivity index (χ0) is 13.1. The van der Waals surface area contributed by atoms with Crippen molar-refractivity contribution in [2.75, 3.05) is 43.1 Å². The van der Waals surface area contributed by atoms with E-state index in [0.717, 1.165) is 37.1 Å². The average Bonchev–Trinajstić information content (AvgIpc) is 2.97. The van der Waals surface area contributed by atoms with Crippen molar-refractivity contribution < 1.29 is 4.74 Å². The monoisotopic (exact) mass is 277 g/mol. The maximum absolute atomic E-state index is 5.02. The van der Waals surface area contributed by atoms with Gasteiger partial charge in [-0.2, -0.15) is 4.98 Å². The molecule has 1 saturated heterocycles. The molecule has 3 rings (SSSR count). The molecule has 0 bridgehead atoms. The molecule has 2 aromatic heterocycles. The van der Waals surface area contributed by atoms with Crippen LogP contribution in [-0.4, -0.2) is 47.6 Å². The van der Waals surface area contributed by atoms with Gasteiger partial charge in [0.1, 0.15) is 5.82 Å². The minimum Gasteiger partial charge on any atom is -0.466 e. The van der Waals surface area contributed by atoms with Crippen molar-refractivity contribution in [1.29, 1.82) is 0 Å². The van der Waals surface area contributed by atoms with E-state index in [9.17, 15) is 0 Å². The van der Waals surface area contributed by atoms with Crippen molar-refractivity contribution in [3.63, 3.8) is 0 Å². The summed E-state index contributed by atoms with van der Waals surface area (Å²) in [7, 11) is 1.59. The molecule has 7 heteroatoms. The third kappa shape index (κ3) is 2.60. The lowest BCUT2D eigenvalue weighted by Crippen LogP contribution is -2.46. The normalized spacial score (nSPS) is 15.6. The molecule has 0 amide bonds. The van der Waals surface area contributed by atoms with Gasteiger partial charge in [-0.15, -0.1) is 4.37 Å². The van der Waals surface area contributed by atoms with Crippen LogP contribution in [0, 0.1) is 0 Å². The molecule has 2 aromatic rings. The van der Waals surface area contributed by atoms with Crippen LogP contribution in [0.25, 0.3) is 0 Å². The van der Waals surface area contributed by atoms with Gasteiger partial charge in [-0.3, -0.25) is 0 Å². The first-order valence-electron chi connectivity index (χ1n) is 6.15. The van der Waals surface area contributed by atoms with Crippen molar-refractivity contribution in [2.45, 2.75) is 0 Å². The third-order valence-corrected chi connectivity index (χ3v) is 3.86. The van der Waals surface area contributed by atoms with E-state index in [2.05, 4.69) is 24.1 Å². The minimum absolute atomic E-state index is 0.451. The summed E-state index contributed by atoms with van der Waals surface area (Å²) in [6.07, 6.45) is 1.83. The molecule has 0 atom stereocenters. The predicted molar refractivity (Wildman–Crippen MR) is 75.1 cm³/mol. The second-order valence-corrected chi connectivity index (χ2v) is 4.96. The number of ether oxygens (including phenoxy) is 1. The van der Waals surface area contributed by atoms with Gasteiger partial charge in [0, 0.05) is 43.9 Å². The van der Waals surface area contributed by atoms with Crippen LogP contribution in [0.15, 0.2) is 24.4 Å². The number of methoxy groups -OCH3 is 1. The van der Waals surface area contributed by atoms with Gasteiger partial charge in [0.05, 0.1) is 7.11 Å². The lowest BCUT2D eigenvalue weighted by molar-refractivity contribution is 0.386. The number of hydrogen-bond donors (Lipinski definition) is 0. The highest BCUT2D eigenvalue weighted by molar-refractivity contribution is 7.09. The maximum Gasteiger partial charge on any atom is 0.329 e. The molecule has 0 aliphatic carbocycles. The topological polar surface area (TPSA) is 54.4 Å². The Balaban J connectivity index is 1.63. The van der Waals surface area contributed by atoms with E-state index in [4.69, 9.17) is 4.74 Å². The summed E-state index contributed by atoms with van der Waals surface area (Å²) in [6.45, 7) is 3.74. The molecular formula is C12H15N5OS. The number of aromatic nitrogens is 3. The van der Waals surface area contributed by atoms with E-state index in [1.165, 1.54) is 11.5 Å². The Morgan fingerprint density at radius 3 is 2.58 bits per heavy atom. The average molecular weight is 277 g/mol. The fourth-order valence-electron chi connectivity index (χ4n) is 2.08. The van der Waals surface area contributed by atoms with E-state index in [-0.39, 0.29) is 0 Å². The number of hydrogen-bond acceptors (Lipinski definition) is 7. The van der Waals surface area contributed by atoms with Gasteiger partial charge in [-0.1, -0.05) is 6.07 Å². The second-order valence-electron chi connectivity index (χ2n) is 4.23. The van der Waals surface area contributed by atoms with E-state index in [1.807, 2.05) is 24.4 Å². The minimum atomic E-state index is 0.451. The van der Waals surface area contributed by atoms with Gasteiger partial charge in [0.2, 0.25) is 5.13 Å². The molecule has 0 saturated carbocycles. The van der Waals surface area contributed by atoms with Gasteiger partial charge in [-0.25, -0.2) is 4.98 Å². The molecule has 1 aliphatic heterocycles. The van der Waals surface area contributed by atoms with Crippen LogP contribution >= 0.6 is 11.5 Å². The fraction of sp³-hybridized carbons (Fsp3) is 0.417. The molecule has 100 valence electrons. The Bertz CT molecular complexity index is 524. The lowest BCUT2D eigenvalue weighted by Gasteiger charge is -2.34. The van der Waals surface area contributed by atoms with E-state index in [0.29, 0.717) is 6.01 Å². The molecule has 6 nitrogen and oxygen atoms in total. The van der Waals surface area contributed by atoms with Gasteiger partial charge in [0.15, 0.2) is 0 Å². The Hall–Kier alpha value is -1.89. The van der Waals surface area contributed by atoms with Crippen LogP contribution in [-0.2, 0) is 0 Å². The summed E-state index contributed by atoms with van der Waals surface area (Å²) in [5.41, 5.74) is 0. The fourth-order valence-corrected chi connectivity index (χ4v) is 2.77. The number of pyridine rings is 1. The summed E-state index contributed by atoms with van der Waals surface area (Å²) in [5.74, 6) is 1.04. The summed E-state index contributed by atoms with van der Waals surface area (Å²) in [5, 5.41) is 0.928. The van der Waals surface area contributed by atoms with Crippen molar-refractivity contribution >= 4 is 22.5 Å². The molecule has 1 aliphatic rings. The number of nitrogens with zero attached hydrogens (tertiary/aromatic N) is 5. The maximum atomic E-state index is 5.02. The summed E-state index contributed by atoms with van der Waals surface area (Å²) >= 11 is 1.38. The highest BCUT2D eigenvalue weighted by atomic mass is 32.1. The van der Waals surface area contributed by atoms with E-state index >= 15 is 0 Å². The first-order chi connectivity index (χ1) is 9.36. The van der Waals surface area contributed by atoms with Crippen molar-refractivity contribution in [1.82, 2.24) is 14.3 Å². The van der Waals surface area contributed by atoms with Crippen LogP contribution in [0.2, 0.25) is 0 Å². The van der Waals surface area contributed by atoms with E-state index < -0.39 is 0 Å². The molecule has 0 aromatic carbocycles. The molecule has 3 heterocycles. The van der Waals surface area contributed by atoms with Gasteiger partial charge in [0.25, 0.3) is 0 Å². The van der Waals surface area contributed by atoms with Gasteiger partial charge in [-0.05, 0) is 12.1 Å². The Morgan fingerprint density at radius 2 is 1.95 bits per heavy atom. The zero-order valence-corrected chi connectivity index (χ0v) is 11.5. The van der Waals surface area contributed by atoms with Crippen LogP contribution < -0.4 is 14.5 Å². The molecular weight excluding hydrogens is 262 g/mol. The van der Waals surface area contributed by atoms with Crippen LogP contribution in [0.1, 0.15) is 0 Å². The Morgan fingerprint density at radius 1 is 1.16 bits per heavy atom. The molecule has 0 spiro atoms. The lowest BCUT2D eigenvalue weighted by atomic mass is 10.3. The molecule has 0 unspecified atom stereocenters. The standard InChI is InChI=1S/C12H15N5OS/c1-18-11-14-12(19-15-11)17-8-6-16(7-9-17)10-4-2-3-5-13-10/h2-5H,6-9H2,1H3. The van der Waals surface area contributed by atoms with Crippen LogP contribution in [0.4, 0.5) is 10.9 Å². The highest BCUT2D eigenvalue weighted by Gasteiger charge is 2.20.